The standard InChI is InChI=1S/C20H30O5/c1-2-3-4-5-8-11-24-19-10-7-6-9-18(19)20(23)25-17-13-15(21)12-16(22)14-17/h6-7,9-10,15-17,21-22H,2-5,8,11-14H2,1H3/t15-,16+,17?. The number of hydrogen-bond donors (Lipinski definition) is 2. The van der Waals surface area contributed by atoms with Crippen molar-refractivity contribution < 1.29 is 24.5 Å². The van der Waals surface area contributed by atoms with Gasteiger partial charge in [-0.25, -0.2) is 4.79 Å². The van der Waals surface area contributed by atoms with Crippen molar-refractivity contribution in [3.63, 3.8) is 0 Å². The average molecular weight is 350 g/mol. The Kier molecular flexibility index (Phi) is 8.22. The molecule has 0 heterocycles. The lowest BCUT2D eigenvalue weighted by Gasteiger charge is -2.29. The maximum atomic E-state index is 12.5. The Morgan fingerprint density at radius 2 is 1.72 bits per heavy atom. The number of rotatable bonds is 9. The molecule has 0 saturated heterocycles. The molecular weight excluding hydrogens is 320 g/mol. The quantitative estimate of drug-likeness (QED) is 0.527. The highest BCUT2D eigenvalue weighted by Crippen LogP contribution is 2.25. The number of aliphatic hydroxyl groups excluding tert-OH is 2. The molecule has 5 heteroatoms. The van der Waals surface area contributed by atoms with E-state index in [9.17, 15) is 15.0 Å². The van der Waals surface area contributed by atoms with Crippen molar-refractivity contribution in [1.82, 2.24) is 0 Å². The van der Waals surface area contributed by atoms with E-state index in [1.54, 1.807) is 18.2 Å². The number of esters is 1. The van der Waals surface area contributed by atoms with Crippen LogP contribution in [0.1, 0.15) is 68.6 Å². The third-order valence-corrected chi connectivity index (χ3v) is 4.50. The molecule has 5 nitrogen and oxygen atoms in total. The summed E-state index contributed by atoms with van der Waals surface area (Å²) in [5.41, 5.74) is 0.394. The third kappa shape index (κ3) is 6.67. The molecule has 0 aromatic heterocycles. The van der Waals surface area contributed by atoms with Gasteiger partial charge in [0.2, 0.25) is 0 Å². The Labute approximate surface area is 150 Å². The fourth-order valence-corrected chi connectivity index (χ4v) is 3.17. The van der Waals surface area contributed by atoms with E-state index in [4.69, 9.17) is 9.47 Å². The van der Waals surface area contributed by atoms with Crippen LogP contribution in [0.25, 0.3) is 0 Å². The molecule has 25 heavy (non-hydrogen) atoms. The summed E-state index contributed by atoms with van der Waals surface area (Å²) in [5, 5.41) is 19.4. The predicted molar refractivity (Wildman–Crippen MR) is 95.8 cm³/mol. The van der Waals surface area contributed by atoms with Crippen molar-refractivity contribution in [3.05, 3.63) is 29.8 Å². The average Bonchev–Trinajstić information content (AvgIpc) is 2.57. The minimum Gasteiger partial charge on any atom is -0.493 e. The summed E-state index contributed by atoms with van der Waals surface area (Å²) in [6, 6.07) is 7.06. The SMILES string of the molecule is CCCCCCCOc1ccccc1C(=O)OC1C[C@@H](O)C[C@@H](O)C1. The molecule has 0 amide bonds. The molecule has 1 aliphatic rings. The molecular formula is C20H30O5. The predicted octanol–water partition coefficient (Wildman–Crippen LogP) is 3.47. The van der Waals surface area contributed by atoms with Crippen LogP contribution in [-0.4, -0.2) is 41.1 Å². The van der Waals surface area contributed by atoms with E-state index in [0.29, 0.717) is 37.2 Å². The molecule has 1 aromatic carbocycles. The van der Waals surface area contributed by atoms with Crippen LogP contribution in [-0.2, 0) is 4.74 Å². The van der Waals surface area contributed by atoms with Crippen LogP contribution in [0.2, 0.25) is 0 Å². The van der Waals surface area contributed by atoms with Crippen LogP contribution in [0.3, 0.4) is 0 Å². The lowest BCUT2D eigenvalue weighted by Crippen LogP contribution is -2.35. The van der Waals surface area contributed by atoms with Gasteiger partial charge in [-0.2, -0.15) is 0 Å². The van der Waals surface area contributed by atoms with E-state index < -0.39 is 24.3 Å². The number of hydrogen-bond acceptors (Lipinski definition) is 5. The zero-order chi connectivity index (χ0) is 18.1. The van der Waals surface area contributed by atoms with E-state index in [1.165, 1.54) is 19.3 Å². The van der Waals surface area contributed by atoms with Crippen molar-refractivity contribution in [3.8, 4) is 5.75 Å². The molecule has 0 radical (unpaired) electrons. The lowest BCUT2D eigenvalue weighted by molar-refractivity contribution is -0.0409. The van der Waals surface area contributed by atoms with Gasteiger partial charge in [0.15, 0.2) is 0 Å². The number of para-hydroxylation sites is 1. The second kappa shape index (κ2) is 10.4. The van der Waals surface area contributed by atoms with Crippen LogP contribution in [0, 0.1) is 0 Å². The minimum absolute atomic E-state index is 0.339. The normalized spacial score (nSPS) is 23.2. The maximum Gasteiger partial charge on any atom is 0.342 e. The van der Waals surface area contributed by atoms with Crippen molar-refractivity contribution in [1.29, 1.82) is 0 Å². The number of carbonyl (C=O) groups is 1. The van der Waals surface area contributed by atoms with Gasteiger partial charge in [-0.3, -0.25) is 0 Å². The van der Waals surface area contributed by atoms with Crippen molar-refractivity contribution in [2.24, 2.45) is 0 Å². The highest BCUT2D eigenvalue weighted by molar-refractivity contribution is 5.92. The molecule has 2 rings (SSSR count). The van der Waals surface area contributed by atoms with E-state index in [2.05, 4.69) is 6.92 Å². The van der Waals surface area contributed by atoms with E-state index in [1.807, 2.05) is 6.07 Å². The molecule has 140 valence electrons. The number of aliphatic hydroxyl groups is 2. The van der Waals surface area contributed by atoms with Gasteiger partial charge in [-0.1, -0.05) is 44.7 Å². The molecule has 1 unspecified atom stereocenters. The Bertz CT molecular complexity index is 521. The van der Waals surface area contributed by atoms with Gasteiger partial charge < -0.3 is 19.7 Å². The molecule has 0 aliphatic heterocycles. The molecule has 2 N–H and O–H groups in total. The second-order valence-corrected chi connectivity index (χ2v) is 6.80. The summed E-state index contributed by atoms with van der Waals surface area (Å²) in [7, 11) is 0. The van der Waals surface area contributed by atoms with Gasteiger partial charge in [0.25, 0.3) is 0 Å². The summed E-state index contributed by atoms with van der Waals surface area (Å²) in [6.07, 6.45) is 5.08. The zero-order valence-corrected chi connectivity index (χ0v) is 15.0. The van der Waals surface area contributed by atoms with Crippen LogP contribution in [0.15, 0.2) is 24.3 Å². The number of benzene rings is 1. The van der Waals surface area contributed by atoms with Gasteiger partial charge in [0.05, 0.1) is 18.8 Å². The second-order valence-electron chi connectivity index (χ2n) is 6.80. The monoisotopic (exact) mass is 350 g/mol. The first kappa shape index (κ1) is 19.7. The Morgan fingerprint density at radius 1 is 1.04 bits per heavy atom. The summed E-state index contributed by atoms with van der Waals surface area (Å²) in [5.74, 6) is 0.0628. The first-order valence-electron chi connectivity index (χ1n) is 9.39. The minimum atomic E-state index is -0.629. The summed E-state index contributed by atoms with van der Waals surface area (Å²) in [4.78, 5) is 12.5. The molecule has 0 bridgehead atoms. The summed E-state index contributed by atoms with van der Waals surface area (Å²) in [6.45, 7) is 2.76. The number of carbonyl (C=O) groups excluding carboxylic acids is 1. The number of unbranched alkanes of at least 4 members (excludes halogenated alkanes) is 4. The fraction of sp³-hybridized carbons (Fsp3) is 0.650. The largest absolute Gasteiger partial charge is 0.493 e. The lowest BCUT2D eigenvalue weighted by atomic mass is 9.92. The van der Waals surface area contributed by atoms with Gasteiger partial charge in [-0.15, -0.1) is 0 Å². The van der Waals surface area contributed by atoms with E-state index >= 15 is 0 Å². The van der Waals surface area contributed by atoms with Crippen LogP contribution in [0.5, 0.6) is 5.75 Å². The topological polar surface area (TPSA) is 76.0 Å². The van der Waals surface area contributed by atoms with Crippen molar-refractivity contribution >= 4 is 5.97 Å². The van der Waals surface area contributed by atoms with Gasteiger partial charge in [-0.05, 0) is 25.0 Å². The van der Waals surface area contributed by atoms with Gasteiger partial charge in [0.1, 0.15) is 17.4 Å². The molecule has 3 atom stereocenters. The third-order valence-electron chi connectivity index (χ3n) is 4.50. The van der Waals surface area contributed by atoms with Crippen LogP contribution in [0.4, 0.5) is 0 Å². The van der Waals surface area contributed by atoms with E-state index in [-0.39, 0.29) is 0 Å². The maximum absolute atomic E-state index is 12.5. The number of ether oxygens (including phenoxy) is 2. The molecule has 1 saturated carbocycles. The fourth-order valence-electron chi connectivity index (χ4n) is 3.17. The molecule has 0 spiro atoms. The van der Waals surface area contributed by atoms with Crippen molar-refractivity contribution in [2.45, 2.75) is 76.6 Å². The highest BCUT2D eigenvalue weighted by atomic mass is 16.5. The Morgan fingerprint density at radius 3 is 2.44 bits per heavy atom. The Hall–Kier alpha value is -1.59. The van der Waals surface area contributed by atoms with Crippen LogP contribution < -0.4 is 4.74 Å². The van der Waals surface area contributed by atoms with Crippen LogP contribution >= 0.6 is 0 Å². The Balaban J connectivity index is 1.87. The van der Waals surface area contributed by atoms with Gasteiger partial charge in [0, 0.05) is 12.8 Å². The highest BCUT2D eigenvalue weighted by Gasteiger charge is 2.29. The first-order chi connectivity index (χ1) is 12.1. The molecule has 1 aliphatic carbocycles. The zero-order valence-electron chi connectivity index (χ0n) is 15.0. The molecule has 1 aromatic rings. The smallest absolute Gasteiger partial charge is 0.342 e. The summed E-state index contributed by atoms with van der Waals surface area (Å²) < 4.78 is 11.2. The molecule has 1 fully saturated rings. The first-order valence-corrected chi connectivity index (χ1v) is 9.39. The van der Waals surface area contributed by atoms with Gasteiger partial charge >= 0.3 is 5.97 Å². The summed E-state index contributed by atoms with van der Waals surface area (Å²) >= 11 is 0. The van der Waals surface area contributed by atoms with E-state index in [0.717, 1.165) is 12.8 Å². The van der Waals surface area contributed by atoms with Crippen molar-refractivity contribution in [2.75, 3.05) is 6.61 Å².